The van der Waals surface area contributed by atoms with Crippen LogP contribution in [-0.4, -0.2) is 94.1 Å². The molecule has 0 bridgehead atoms. The summed E-state index contributed by atoms with van der Waals surface area (Å²) in [6.45, 7) is 6.76. The number of carbonyl (C=O) groups is 7. The number of carbonyl (C=O) groups excluding carboxylic acids is 6. The lowest BCUT2D eigenvalue weighted by atomic mass is 10.0. The molecule has 1 aromatic rings. The Morgan fingerprint density at radius 3 is 1.72 bits per heavy atom. The van der Waals surface area contributed by atoms with Crippen molar-refractivity contribution in [2.24, 2.45) is 5.92 Å². The molecule has 6 amide bonds. The van der Waals surface area contributed by atoms with Gasteiger partial charge >= 0.3 is 5.97 Å². The van der Waals surface area contributed by atoms with Gasteiger partial charge in [0.2, 0.25) is 35.4 Å². The predicted octanol–water partition coefficient (Wildman–Crippen LogP) is -1.79. The molecule has 16 heteroatoms. The second-order valence-corrected chi connectivity index (χ2v) is 10.5. The van der Waals surface area contributed by atoms with E-state index in [1.54, 1.807) is 26.0 Å². The quantitative estimate of drug-likeness (QED) is 0.0944. The summed E-state index contributed by atoms with van der Waals surface area (Å²) in [6.07, 6.45) is -0.00898. The number of carboxylic acids is 1. The Balaban J connectivity index is 2.94. The van der Waals surface area contributed by atoms with Gasteiger partial charge in [-0.1, -0.05) is 26.0 Å². The van der Waals surface area contributed by atoms with Gasteiger partial charge < -0.3 is 42.1 Å². The van der Waals surface area contributed by atoms with Gasteiger partial charge in [-0.15, -0.1) is 0 Å². The van der Waals surface area contributed by atoms with Crippen molar-refractivity contribution in [1.29, 1.82) is 0 Å². The summed E-state index contributed by atoms with van der Waals surface area (Å²) < 4.78 is 0. The maximum absolute atomic E-state index is 13.3. The fourth-order valence-electron chi connectivity index (χ4n) is 3.65. The number of nitrogens with one attached hydrogen (secondary N) is 6. The van der Waals surface area contributed by atoms with Crippen molar-refractivity contribution in [2.75, 3.05) is 12.3 Å². The van der Waals surface area contributed by atoms with Crippen LogP contribution < -0.4 is 31.9 Å². The third-order valence-corrected chi connectivity index (χ3v) is 6.42. The molecule has 1 aromatic carbocycles. The highest BCUT2D eigenvalue weighted by Gasteiger charge is 2.31. The van der Waals surface area contributed by atoms with E-state index in [1.807, 2.05) is 0 Å². The Morgan fingerprint density at radius 1 is 0.721 bits per heavy atom. The minimum Gasteiger partial charge on any atom is -0.508 e. The van der Waals surface area contributed by atoms with Gasteiger partial charge in [-0.25, -0.2) is 0 Å². The van der Waals surface area contributed by atoms with Crippen LogP contribution in [0.3, 0.4) is 0 Å². The van der Waals surface area contributed by atoms with E-state index in [9.17, 15) is 38.7 Å². The van der Waals surface area contributed by atoms with Gasteiger partial charge in [0.15, 0.2) is 0 Å². The summed E-state index contributed by atoms with van der Waals surface area (Å²) in [7, 11) is 0. The summed E-state index contributed by atoms with van der Waals surface area (Å²) in [5.41, 5.74) is 0.590. The first-order valence-corrected chi connectivity index (χ1v) is 14.1. The van der Waals surface area contributed by atoms with Crippen molar-refractivity contribution < 1.29 is 43.8 Å². The molecule has 0 aromatic heterocycles. The van der Waals surface area contributed by atoms with Crippen molar-refractivity contribution in [2.45, 2.75) is 71.2 Å². The largest absolute Gasteiger partial charge is 0.508 e. The van der Waals surface area contributed by atoms with E-state index >= 15 is 0 Å². The number of hydrogen-bond acceptors (Lipinski definition) is 9. The monoisotopic (exact) mass is 624 g/mol. The molecule has 0 saturated heterocycles. The topological polar surface area (TPSA) is 232 Å². The first kappa shape index (κ1) is 36.7. The fourth-order valence-corrected chi connectivity index (χ4v) is 3.91. The zero-order valence-corrected chi connectivity index (χ0v) is 25.5. The molecular formula is C27H40N6O9S. The molecule has 8 N–H and O–H groups in total. The SMILES string of the molecule is CC(=O)N[C@H](C(=O)N[C@@H](Cc1ccc(O)cc1)C(=O)N[C@@H](C)C(=O)N[C@@H](C)C(=O)N[C@@H](CS)C(=O)NCC(=O)O)C(C)C. The molecule has 0 aliphatic heterocycles. The number of aliphatic carboxylic acids is 1. The molecule has 0 aliphatic carbocycles. The molecule has 0 spiro atoms. The van der Waals surface area contributed by atoms with E-state index in [0.717, 1.165) is 0 Å². The number of aromatic hydroxyl groups is 1. The van der Waals surface area contributed by atoms with Crippen LogP contribution in [0.2, 0.25) is 0 Å². The normalized spacial score (nSPS) is 14.2. The van der Waals surface area contributed by atoms with Crippen LogP contribution in [0, 0.1) is 5.92 Å². The van der Waals surface area contributed by atoms with Crippen LogP contribution in [0.25, 0.3) is 0 Å². The Morgan fingerprint density at radius 2 is 1.23 bits per heavy atom. The molecular weight excluding hydrogens is 584 g/mol. The summed E-state index contributed by atoms with van der Waals surface area (Å²) in [5, 5.41) is 32.8. The van der Waals surface area contributed by atoms with Crippen LogP contribution in [0.15, 0.2) is 24.3 Å². The Hall–Kier alpha value is -4.34. The van der Waals surface area contributed by atoms with Crippen molar-refractivity contribution in [3.63, 3.8) is 0 Å². The van der Waals surface area contributed by atoms with Crippen molar-refractivity contribution in [1.82, 2.24) is 31.9 Å². The number of amides is 6. The standard InChI is InChI=1S/C27H40N6O9S/c1-13(2)22(31-16(5)34)27(42)32-19(10-17-6-8-18(35)9-7-17)26(41)30-14(3)23(38)29-15(4)24(39)33-20(12-43)25(40)28-11-21(36)37/h6-9,13-15,19-20,22,35,43H,10-12H2,1-5H3,(H,28,40)(H,29,38)(H,30,41)(H,31,34)(H,32,42)(H,33,39)(H,36,37)/t14-,15-,19-,20-,22-/m0/s1. The van der Waals surface area contributed by atoms with Crippen LogP contribution in [0.5, 0.6) is 5.75 Å². The lowest BCUT2D eigenvalue weighted by Crippen LogP contribution is -2.59. The maximum Gasteiger partial charge on any atom is 0.322 e. The van der Waals surface area contributed by atoms with Gasteiger partial charge in [0, 0.05) is 19.1 Å². The van der Waals surface area contributed by atoms with Crippen LogP contribution in [0.4, 0.5) is 0 Å². The number of benzene rings is 1. The van der Waals surface area contributed by atoms with Gasteiger partial charge in [-0.3, -0.25) is 33.6 Å². The summed E-state index contributed by atoms with van der Waals surface area (Å²) in [4.78, 5) is 86.0. The van der Waals surface area contributed by atoms with E-state index in [1.165, 1.54) is 32.9 Å². The van der Waals surface area contributed by atoms with E-state index < -0.39 is 78.2 Å². The predicted molar refractivity (Wildman–Crippen MR) is 158 cm³/mol. The highest BCUT2D eigenvalue weighted by Crippen LogP contribution is 2.12. The average Bonchev–Trinajstić information content (AvgIpc) is 2.93. The first-order chi connectivity index (χ1) is 20.0. The molecule has 0 heterocycles. The Labute approximate surface area is 254 Å². The van der Waals surface area contributed by atoms with Crippen molar-refractivity contribution in [3.05, 3.63) is 29.8 Å². The third-order valence-electron chi connectivity index (χ3n) is 6.05. The molecule has 43 heavy (non-hydrogen) atoms. The molecule has 0 aliphatic rings. The average molecular weight is 625 g/mol. The second-order valence-electron chi connectivity index (χ2n) is 10.2. The fraction of sp³-hybridized carbons (Fsp3) is 0.519. The molecule has 0 fully saturated rings. The summed E-state index contributed by atoms with van der Waals surface area (Å²) >= 11 is 3.98. The van der Waals surface area contributed by atoms with E-state index in [-0.39, 0.29) is 23.8 Å². The Bertz CT molecular complexity index is 1180. The minimum absolute atomic E-state index is 0.00402. The molecule has 0 saturated carbocycles. The number of carboxylic acid groups (broad SMARTS) is 1. The minimum atomic E-state index is -1.27. The van der Waals surface area contributed by atoms with Crippen LogP contribution in [-0.2, 0) is 40.0 Å². The van der Waals surface area contributed by atoms with E-state index in [4.69, 9.17) is 5.11 Å². The summed E-state index contributed by atoms with van der Waals surface area (Å²) in [5.74, 6) is -5.76. The van der Waals surface area contributed by atoms with Gasteiger partial charge in [0.1, 0.15) is 42.5 Å². The highest BCUT2D eigenvalue weighted by molar-refractivity contribution is 7.80. The van der Waals surface area contributed by atoms with Crippen molar-refractivity contribution >= 4 is 54.0 Å². The third kappa shape index (κ3) is 13.0. The van der Waals surface area contributed by atoms with Gasteiger partial charge in [-0.05, 0) is 37.5 Å². The summed E-state index contributed by atoms with van der Waals surface area (Å²) in [6, 6.07) is 0.356. The van der Waals surface area contributed by atoms with Gasteiger partial charge in [-0.2, -0.15) is 12.6 Å². The molecule has 0 unspecified atom stereocenters. The van der Waals surface area contributed by atoms with Crippen molar-refractivity contribution in [3.8, 4) is 5.75 Å². The molecule has 238 valence electrons. The molecule has 0 radical (unpaired) electrons. The van der Waals surface area contributed by atoms with E-state index in [0.29, 0.717) is 5.56 Å². The molecule has 1 rings (SSSR count). The van der Waals surface area contributed by atoms with Gasteiger partial charge in [0.05, 0.1) is 0 Å². The maximum atomic E-state index is 13.3. The number of phenols is 1. The van der Waals surface area contributed by atoms with Gasteiger partial charge in [0.25, 0.3) is 0 Å². The zero-order chi connectivity index (χ0) is 32.9. The lowest BCUT2D eigenvalue weighted by molar-refractivity contribution is -0.138. The molecule has 5 atom stereocenters. The number of phenolic OH excluding ortho intramolecular Hbond substituents is 1. The van der Waals surface area contributed by atoms with Crippen LogP contribution >= 0.6 is 12.6 Å². The Kier molecular flexibility index (Phi) is 15.0. The van der Waals surface area contributed by atoms with E-state index in [2.05, 4.69) is 44.5 Å². The molecule has 15 nitrogen and oxygen atoms in total. The number of hydrogen-bond donors (Lipinski definition) is 9. The lowest BCUT2D eigenvalue weighted by Gasteiger charge is -2.26. The second kappa shape index (κ2) is 17.6. The smallest absolute Gasteiger partial charge is 0.322 e. The first-order valence-electron chi connectivity index (χ1n) is 13.4. The zero-order valence-electron chi connectivity index (χ0n) is 24.6. The highest BCUT2D eigenvalue weighted by atomic mass is 32.1. The van der Waals surface area contributed by atoms with Crippen LogP contribution in [0.1, 0.15) is 40.2 Å². The number of thiol groups is 1. The number of rotatable bonds is 16.